The van der Waals surface area contributed by atoms with Gasteiger partial charge in [0.15, 0.2) is 17.3 Å². The van der Waals surface area contributed by atoms with Crippen LogP contribution in [0.1, 0.15) is 34.3 Å². The van der Waals surface area contributed by atoms with E-state index in [1.54, 1.807) is 0 Å². The van der Waals surface area contributed by atoms with E-state index in [4.69, 9.17) is 22.8 Å². The van der Waals surface area contributed by atoms with Crippen LogP contribution < -0.4 is 30.4 Å². The van der Waals surface area contributed by atoms with Gasteiger partial charge in [-0.25, -0.2) is 14.1 Å². The first-order chi connectivity index (χ1) is 18.5. The molecule has 0 saturated heterocycles. The lowest BCUT2D eigenvalue weighted by atomic mass is 10.1. The lowest BCUT2D eigenvalue weighted by Gasteiger charge is -2.22. The standard InChI is InChI=1S/C25H24ClFN6O5S/c1-5-14-6-9-17(16(27)12-14)31-23-19(24(34)30-15-7-8-15)21(13(2)25(35)33(23)4)38-18-10-11-29-22(20(18)26)32-39(36,37)28-3/h1,6,9-12,15,28,31H,7-8H2,2-4H3,(H,29,32)(H,30,34). The summed E-state index contributed by atoms with van der Waals surface area (Å²) < 4.78 is 50.1. The summed E-state index contributed by atoms with van der Waals surface area (Å²) >= 11 is 6.38. The molecule has 4 rings (SSSR count). The van der Waals surface area contributed by atoms with Gasteiger partial charge in [-0.2, -0.15) is 8.42 Å². The Morgan fingerprint density at radius 1 is 1.31 bits per heavy atom. The molecule has 0 atom stereocenters. The van der Waals surface area contributed by atoms with Crippen molar-refractivity contribution in [3.05, 3.63) is 68.3 Å². The van der Waals surface area contributed by atoms with Gasteiger partial charge in [0.05, 0.1) is 11.3 Å². The molecule has 1 saturated carbocycles. The molecule has 1 fully saturated rings. The predicted octanol–water partition coefficient (Wildman–Crippen LogP) is 3.17. The fourth-order valence-electron chi connectivity index (χ4n) is 3.58. The summed E-state index contributed by atoms with van der Waals surface area (Å²) in [5.41, 5.74) is -0.310. The first-order valence-electron chi connectivity index (χ1n) is 11.6. The van der Waals surface area contributed by atoms with Gasteiger partial charge in [0.2, 0.25) is 0 Å². The average molecular weight is 575 g/mol. The second-order valence-electron chi connectivity index (χ2n) is 8.64. The summed E-state index contributed by atoms with van der Waals surface area (Å²) in [5.74, 6) is 0.520. The number of hydrogen-bond donors (Lipinski definition) is 4. The zero-order valence-corrected chi connectivity index (χ0v) is 22.6. The molecule has 1 aromatic carbocycles. The minimum atomic E-state index is -3.96. The summed E-state index contributed by atoms with van der Waals surface area (Å²) in [5, 5.41) is 5.45. The van der Waals surface area contributed by atoms with Gasteiger partial charge < -0.3 is 15.4 Å². The molecule has 1 aliphatic rings. The summed E-state index contributed by atoms with van der Waals surface area (Å²) in [6.45, 7) is 1.46. The lowest BCUT2D eigenvalue weighted by Crippen LogP contribution is -2.31. The van der Waals surface area contributed by atoms with E-state index < -0.39 is 27.5 Å². The maximum atomic E-state index is 14.8. The van der Waals surface area contributed by atoms with E-state index >= 15 is 0 Å². The molecule has 0 unspecified atom stereocenters. The van der Waals surface area contributed by atoms with Crippen LogP contribution in [0.25, 0.3) is 0 Å². The van der Waals surface area contributed by atoms with E-state index in [2.05, 4.69) is 31.0 Å². The number of nitrogens with one attached hydrogen (secondary N) is 4. The Kier molecular flexibility index (Phi) is 7.82. The normalized spacial score (nSPS) is 12.9. The van der Waals surface area contributed by atoms with Crippen molar-refractivity contribution in [1.82, 2.24) is 19.6 Å². The molecule has 2 aromatic heterocycles. The minimum absolute atomic E-state index is 0.0371. The topological polar surface area (TPSA) is 143 Å². The molecule has 0 radical (unpaired) electrons. The van der Waals surface area contributed by atoms with Gasteiger partial charge in [-0.15, -0.1) is 6.42 Å². The molecule has 11 nitrogen and oxygen atoms in total. The molecule has 0 spiro atoms. The van der Waals surface area contributed by atoms with Crippen LogP contribution in [0.4, 0.5) is 21.7 Å². The van der Waals surface area contributed by atoms with Gasteiger partial charge >= 0.3 is 0 Å². The Hall–Kier alpha value is -4.12. The number of ether oxygens (including phenoxy) is 1. The fourth-order valence-corrected chi connectivity index (χ4v) is 4.35. The number of anilines is 3. The number of terminal acetylenes is 1. The third kappa shape index (κ3) is 5.98. The highest BCUT2D eigenvalue weighted by Gasteiger charge is 2.31. The van der Waals surface area contributed by atoms with E-state index in [0.29, 0.717) is 5.56 Å². The zero-order valence-electron chi connectivity index (χ0n) is 21.1. The van der Waals surface area contributed by atoms with Gasteiger partial charge in [-0.1, -0.05) is 17.5 Å². The van der Waals surface area contributed by atoms with Crippen LogP contribution in [-0.2, 0) is 17.3 Å². The van der Waals surface area contributed by atoms with Gasteiger partial charge in [0.1, 0.15) is 22.2 Å². The van der Waals surface area contributed by atoms with Crippen molar-refractivity contribution in [3.8, 4) is 23.8 Å². The van der Waals surface area contributed by atoms with Crippen molar-refractivity contribution < 1.29 is 22.3 Å². The molecular formula is C25H24ClFN6O5S. The van der Waals surface area contributed by atoms with E-state index in [9.17, 15) is 22.4 Å². The number of carbonyl (C=O) groups is 1. The first kappa shape index (κ1) is 27.9. The van der Waals surface area contributed by atoms with E-state index in [-0.39, 0.29) is 51.0 Å². The van der Waals surface area contributed by atoms with Crippen molar-refractivity contribution in [2.24, 2.45) is 7.05 Å². The molecular weight excluding hydrogens is 551 g/mol. The Morgan fingerprint density at radius 2 is 2.03 bits per heavy atom. The van der Waals surface area contributed by atoms with Crippen LogP contribution in [0.2, 0.25) is 5.02 Å². The number of pyridine rings is 2. The third-order valence-electron chi connectivity index (χ3n) is 5.86. The smallest absolute Gasteiger partial charge is 0.300 e. The van der Waals surface area contributed by atoms with Crippen molar-refractivity contribution in [3.63, 3.8) is 0 Å². The fraction of sp³-hybridized carbons (Fsp3) is 0.240. The molecule has 204 valence electrons. The Balaban J connectivity index is 1.87. The second kappa shape index (κ2) is 10.9. The molecule has 4 N–H and O–H groups in total. The van der Waals surface area contributed by atoms with Crippen molar-refractivity contribution in [2.45, 2.75) is 25.8 Å². The summed E-state index contributed by atoms with van der Waals surface area (Å²) in [7, 11) is -1.34. The van der Waals surface area contributed by atoms with E-state index in [0.717, 1.165) is 18.9 Å². The zero-order chi connectivity index (χ0) is 28.5. The first-order valence-corrected chi connectivity index (χ1v) is 13.4. The van der Waals surface area contributed by atoms with E-state index in [1.165, 1.54) is 50.0 Å². The maximum absolute atomic E-state index is 14.8. The van der Waals surface area contributed by atoms with Gasteiger partial charge in [-0.3, -0.25) is 18.9 Å². The summed E-state index contributed by atoms with van der Waals surface area (Å²) in [6, 6.07) is 5.31. The quantitative estimate of drug-likeness (QED) is 0.287. The number of amides is 1. The lowest BCUT2D eigenvalue weighted by molar-refractivity contribution is 0.0948. The highest BCUT2D eigenvalue weighted by molar-refractivity contribution is 7.90. The van der Waals surface area contributed by atoms with Crippen LogP contribution in [0.15, 0.2) is 35.3 Å². The number of carbonyl (C=O) groups excluding carboxylic acids is 1. The summed E-state index contributed by atoms with van der Waals surface area (Å²) in [4.78, 5) is 30.6. The van der Waals surface area contributed by atoms with Crippen molar-refractivity contribution in [2.75, 3.05) is 17.1 Å². The van der Waals surface area contributed by atoms with Crippen LogP contribution in [-0.4, -0.2) is 37.0 Å². The van der Waals surface area contributed by atoms with Crippen LogP contribution in [0.5, 0.6) is 11.5 Å². The molecule has 3 aromatic rings. The second-order valence-corrected chi connectivity index (χ2v) is 10.6. The predicted molar refractivity (Wildman–Crippen MR) is 145 cm³/mol. The summed E-state index contributed by atoms with van der Waals surface area (Å²) in [6.07, 6.45) is 8.14. The molecule has 0 bridgehead atoms. The Bertz CT molecular complexity index is 1680. The number of halogens is 2. The number of hydrogen-bond acceptors (Lipinski definition) is 7. The average Bonchev–Trinajstić information content (AvgIpc) is 3.72. The van der Waals surface area contributed by atoms with Gasteiger partial charge in [0, 0.05) is 38.0 Å². The van der Waals surface area contributed by atoms with E-state index in [1.807, 2.05) is 0 Å². The van der Waals surface area contributed by atoms with Crippen LogP contribution >= 0.6 is 11.6 Å². The van der Waals surface area contributed by atoms with Gasteiger partial charge in [0.25, 0.3) is 21.7 Å². The maximum Gasteiger partial charge on any atom is 0.300 e. The molecule has 1 aliphatic carbocycles. The van der Waals surface area contributed by atoms with Crippen molar-refractivity contribution >= 4 is 45.0 Å². The molecule has 14 heteroatoms. The van der Waals surface area contributed by atoms with Crippen LogP contribution in [0.3, 0.4) is 0 Å². The Labute approximate surface area is 228 Å². The SMILES string of the molecule is C#Cc1ccc(Nc2c(C(=O)NC3CC3)c(Oc3ccnc(NS(=O)(=O)NC)c3Cl)c(C)c(=O)n2C)c(F)c1. The molecule has 39 heavy (non-hydrogen) atoms. The monoisotopic (exact) mass is 574 g/mol. The number of benzene rings is 1. The van der Waals surface area contributed by atoms with Crippen LogP contribution in [0, 0.1) is 25.1 Å². The largest absolute Gasteiger partial charge is 0.454 e. The molecule has 1 amide bonds. The number of aromatic nitrogens is 2. The Morgan fingerprint density at radius 3 is 2.64 bits per heavy atom. The molecule has 0 aliphatic heterocycles. The highest BCUT2D eigenvalue weighted by atomic mass is 35.5. The minimum Gasteiger partial charge on any atom is -0.454 e. The molecule has 2 heterocycles. The van der Waals surface area contributed by atoms with Gasteiger partial charge in [-0.05, 0) is 38.0 Å². The van der Waals surface area contributed by atoms with Crippen molar-refractivity contribution in [1.29, 1.82) is 0 Å². The number of rotatable bonds is 9. The third-order valence-corrected chi connectivity index (χ3v) is 7.22. The highest BCUT2D eigenvalue weighted by Crippen LogP contribution is 2.39. The number of nitrogens with zero attached hydrogens (tertiary/aromatic N) is 2.